The lowest BCUT2D eigenvalue weighted by Gasteiger charge is -2.39. The second-order valence-corrected chi connectivity index (χ2v) is 15.1. The van der Waals surface area contributed by atoms with Crippen LogP contribution >= 0.6 is 0 Å². The molecule has 0 amide bonds. The van der Waals surface area contributed by atoms with Crippen molar-refractivity contribution in [3.05, 3.63) is 0 Å². The van der Waals surface area contributed by atoms with Crippen LogP contribution in [-0.2, 0) is 4.12 Å². The summed E-state index contributed by atoms with van der Waals surface area (Å²) in [7, 11) is -2.83. The highest BCUT2D eigenvalue weighted by Gasteiger charge is 2.37. The van der Waals surface area contributed by atoms with Crippen molar-refractivity contribution in [1.29, 1.82) is 0 Å². The van der Waals surface area contributed by atoms with Crippen LogP contribution in [0.5, 0.6) is 0 Å². The fourth-order valence-corrected chi connectivity index (χ4v) is 12.1. The lowest BCUT2D eigenvalue weighted by Crippen LogP contribution is -2.47. The van der Waals surface area contributed by atoms with Gasteiger partial charge < -0.3 is 4.12 Å². The maximum absolute atomic E-state index is 6.42. The molecule has 0 aromatic heterocycles. The van der Waals surface area contributed by atoms with Crippen LogP contribution in [0.3, 0.4) is 0 Å². The Balaban J connectivity index is 4.57. The van der Waals surface area contributed by atoms with E-state index in [0.717, 1.165) is 11.5 Å². The van der Waals surface area contributed by atoms with E-state index in [4.69, 9.17) is 4.12 Å². The molecule has 0 radical (unpaired) electrons. The van der Waals surface area contributed by atoms with Gasteiger partial charge in [-0.25, -0.2) is 0 Å². The summed E-state index contributed by atoms with van der Waals surface area (Å²) in [6, 6.07) is 0. The van der Waals surface area contributed by atoms with E-state index < -0.39 is 16.6 Å². The Bertz CT molecular complexity index is 171. The van der Waals surface area contributed by atoms with Crippen molar-refractivity contribution < 1.29 is 4.12 Å². The molecule has 0 fully saturated rings. The van der Waals surface area contributed by atoms with Crippen molar-refractivity contribution in [1.82, 2.24) is 0 Å². The molecular formula is C11H28OSi2. The van der Waals surface area contributed by atoms with Gasteiger partial charge >= 0.3 is 0 Å². The van der Waals surface area contributed by atoms with Crippen LogP contribution in [0.4, 0.5) is 0 Å². The van der Waals surface area contributed by atoms with Gasteiger partial charge in [-0.2, -0.15) is 0 Å². The molecule has 0 aliphatic heterocycles. The first kappa shape index (κ1) is 14.4. The molecule has 1 nitrogen and oxygen atoms in total. The van der Waals surface area contributed by atoms with Crippen molar-refractivity contribution in [2.24, 2.45) is 5.92 Å². The van der Waals surface area contributed by atoms with E-state index in [0.29, 0.717) is 0 Å². The van der Waals surface area contributed by atoms with Gasteiger partial charge in [-0.3, -0.25) is 0 Å². The molecule has 0 heterocycles. The summed E-state index contributed by atoms with van der Waals surface area (Å²) in [6.45, 7) is 18.6. The molecule has 0 aliphatic rings. The first-order valence-corrected chi connectivity index (χ1v) is 12.2. The van der Waals surface area contributed by atoms with Crippen LogP contribution in [0, 0.1) is 5.92 Å². The molecule has 0 aromatic rings. The molecule has 86 valence electrons. The van der Waals surface area contributed by atoms with Gasteiger partial charge in [0.15, 0.2) is 16.6 Å². The summed E-state index contributed by atoms with van der Waals surface area (Å²) in [6.07, 6.45) is 1.27. The first-order valence-electron chi connectivity index (χ1n) is 5.80. The van der Waals surface area contributed by atoms with Gasteiger partial charge in [0.25, 0.3) is 0 Å². The zero-order valence-corrected chi connectivity index (χ0v) is 13.3. The van der Waals surface area contributed by atoms with E-state index >= 15 is 0 Å². The fourth-order valence-electron chi connectivity index (χ4n) is 2.63. The second-order valence-electron chi connectivity index (χ2n) is 6.08. The molecule has 0 saturated carbocycles. The molecule has 0 rings (SSSR count). The van der Waals surface area contributed by atoms with Gasteiger partial charge in [0.1, 0.15) is 0 Å². The highest BCUT2D eigenvalue weighted by molar-refractivity contribution is 6.85. The maximum atomic E-state index is 6.42. The lowest BCUT2D eigenvalue weighted by atomic mass is 10.1. The standard InChI is InChI=1S/C11H28OSi2/c1-9-11(10(2)3)14(7,8)12-13(4,5)6/h10-11H,9H2,1-8H3. The minimum atomic E-state index is -1.47. The molecule has 0 saturated heterocycles. The number of rotatable bonds is 5. The molecule has 1 unspecified atom stereocenters. The normalized spacial score (nSPS) is 16.1. The topological polar surface area (TPSA) is 9.23 Å². The summed E-state index contributed by atoms with van der Waals surface area (Å²) in [5, 5.41) is 0. The predicted molar refractivity (Wildman–Crippen MR) is 70.8 cm³/mol. The van der Waals surface area contributed by atoms with E-state index in [2.05, 4.69) is 53.5 Å². The smallest absolute Gasteiger partial charge is 0.176 e. The lowest BCUT2D eigenvalue weighted by molar-refractivity contribution is 0.461. The minimum Gasteiger partial charge on any atom is -0.455 e. The molecule has 0 N–H and O–H groups in total. The Morgan fingerprint density at radius 3 is 1.64 bits per heavy atom. The van der Waals surface area contributed by atoms with Crippen LogP contribution in [0.1, 0.15) is 27.2 Å². The maximum Gasteiger partial charge on any atom is 0.176 e. The van der Waals surface area contributed by atoms with Gasteiger partial charge in [0, 0.05) is 0 Å². The van der Waals surface area contributed by atoms with E-state index in [1.54, 1.807) is 0 Å². The van der Waals surface area contributed by atoms with Crippen molar-refractivity contribution in [3.8, 4) is 0 Å². The third-order valence-electron chi connectivity index (χ3n) is 2.71. The van der Waals surface area contributed by atoms with Crippen LogP contribution in [0.25, 0.3) is 0 Å². The van der Waals surface area contributed by atoms with Crippen molar-refractivity contribution in [2.45, 2.75) is 65.5 Å². The quantitative estimate of drug-likeness (QED) is 0.635. The Labute approximate surface area is 92.5 Å². The molecular weight excluding hydrogens is 204 g/mol. The zero-order valence-electron chi connectivity index (χ0n) is 11.3. The third-order valence-corrected chi connectivity index (χ3v) is 10.1. The molecule has 3 heteroatoms. The molecule has 1 atom stereocenters. The Hall–Kier alpha value is 0.394. The third kappa shape index (κ3) is 4.76. The monoisotopic (exact) mass is 232 g/mol. The van der Waals surface area contributed by atoms with Crippen molar-refractivity contribution >= 4 is 16.6 Å². The van der Waals surface area contributed by atoms with E-state index in [1.807, 2.05) is 0 Å². The molecule has 0 bridgehead atoms. The Morgan fingerprint density at radius 1 is 1.00 bits per heavy atom. The van der Waals surface area contributed by atoms with E-state index in [-0.39, 0.29) is 0 Å². The van der Waals surface area contributed by atoms with Crippen LogP contribution in [-0.4, -0.2) is 16.6 Å². The Kier molecular flexibility index (Phi) is 5.09. The van der Waals surface area contributed by atoms with Gasteiger partial charge in [0.2, 0.25) is 0 Å². The Morgan fingerprint density at radius 2 is 1.43 bits per heavy atom. The van der Waals surface area contributed by atoms with Crippen LogP contribution in [0.2, 0.25) is 38.3 Å². The van der Waals surface area contributed by atoms with Crippen molar-refractivity contribution in [3.63, 3.8) is 0 Å². The van der Waals surface area contributed by atoms with Gasteiger partial charge in [-0.1, -0.05) is 27.2 Å². The van der Waals surface area contributed by atoms with Crippen LogP contribution in [0.15, 0.2) is 0 Å². The van der Waals surface area contributed by atoms with Gasteiger partial charge in [0.05, 0.1) is 0 Å². The summed E-state index contributed by atoms with van der Waals surface area (Å²) < 4.78 is 6.42. The second kappa shape index (κ2) is 4.95. The highest BCUT2D eigenvalue weighted by atomic mass is 28.4. The summed E-state index contributed by atoms with van der Waals surface area (Å²) in [5.74, 6) is 0.762. The predicted octanol–water partition coefficient (Wildman–Crippen LogP) is 4.48. The molecule has 0 aliphatic carbocycles. The van der Waals surface area contributed by atoms with Crippen LogP contribution < -0.4 is 0 Å². The SMILES string of the molecule is CCC(C(C)C)[Si](C)(C)O[Si](C)(C)C. The summed E-state index contributed by atoms with van der Waals surface area (Å²) >= 11 is 0. The largest absolute Gasteiger partial charge is 0.455 e. The number of hydrogen-bond acceptors (Lipinski definition) is 1. The van der Waals surface area contributed by atoms with E-state index in [9.17, 15) is 0 Å². The molecule has 0 spiro atoms. The van der Waals surface area contributed by atoms with Crippen molar-refractivity contribution in [2.75, 3.05) is 0 Å². The van der Waals surface area contributed by atoms with E-state index in [1.165, 1.54) is 6.42 Å². The molecule has 0 aromatic carbocycles. The average Bonchev–Trinajstić information content (AvgIpc) is 1.79. The van der Waals surface area contributed by atoms with Gasteiger partial charge in [-0.05, 0) is 44.2 Å². The zero-order chi connectivity index (χ0) is 11.6. The highest BCUT2D eigenvalue weighted by Crippen LogP contribution is 2.35. The number of hydrogen-bond donors (Lipinski definition) is 0. The van der Waals surface area contributed by atoms with Gasteiger partial charge in [-0.15, -0.1) is 0 Å². The summed E-state index contributed by atoms with van der Waals surface area (Å²) in [5.41, 5.74) is 0.800. The average molecular weight is 233 g/mol. The molecule has 14 heavy (non-hydrogen) atoms. The fraction of sp³-hybridized carbons (Fsp3) is 1.00. The minimum absolute atomic E-state index is 0.762. The summed E-state index contributed by atoms with van der Waals surface area (Å²) in [4.78, 5) is 0. The first-order chi connectivity index (χ1) is 6.10.